The van der Waals surface area contributed by atoms with Crippen LogP contribution in [0.5, 0.6) is 0 Å². The highest BCUT2D eigenvalue weighted by Gasteiger charge is 2.23. The number of primary amides is 1. The topological polar surface area (TPSA) is 121 Å². The average Bonchev–Trinajstić information content (AvgIpc) is 2.69. The molecule has 0 aliphatic carbocycles. The average molecular weight is 408 g/mol. The van der Waals surface area contributed by atoms with Gasteiger partial charge in [0.15, 0.2) is 5.82 Å². The Balaban J connectivity index is 1.74. The van der Waals surface area contributed by atoms with Crippen LogP contribution in [-0.4, -0.2) is 45.9 Å². The van der Waals surface area contributed by atoms with E-state index in [1.54, 1.807) is 24.3 Å². The first-order chi connectivity index (χ1) is 14.1. The number of rotatable bonds is 6. The predicted molar refractivity (Wildman–Crippen MR) is 109 cm³/mol. The Morgan fingerprint density at radius 2 is 2.14 bits per heavy atom. The van der Waals surface area contributed by atoms with Crippen molar-refractivity contribution in [1.29, 1.82) is 5.26 Å². The smallest absolute Gasteiger partial charge is 0.250 e. The maximum atomic E-state index is 11.7. The van der Waals surface area contributed by atoms with Crippen molar-refractivity contribution in [1.82, 2.24) is 20.3 Å². The van der Waals surface area contributed by atoms with E-state index in [0.717, 1.165) is 31.6 Å². The second-order valence-electron chi connectivity index (χ2n) is 6.91. The molecular formula is C20H18ClN7O. The summed E-state index contributed by atoms with van der Waals surface area (Å²) in [5, 5.41) is 25.8. The lowest BCUT2D eigenvalue weighted by atomic mass is 10.0. The zero-order chi connectivity index (χ0) is 20.4. The number of carbonyl (C=O) groups excluding carboxylic acids is 1. The number of likely N-dealkylation sites (tertiary alicyclic amines) is 1. The van der Waals surface area contributed by atoms with E-state index in [1.807, 2.05) is 12.1 Å². The van der Waals surface area contributed by atoms with Gasteiger partial charge in [0.05, 0.1) is 22.2 Å². The van der Waals surface area contributed by atoms with Crippen molar-refractivity contribution >= 4 is 34.2 Å². The van der Waals surface area contributed by atoms with Gasteiger partial charge < -0.3 is 16.0 Å². The van der Waals surface area contributed by atoms with Gasteiger partial charge in [-0.1, -0.05) is 23.7 Å². The molecule has 4 rings (SSSR count). The van der Waals surface area contributed by atoms with Gasteiger partial charge in [-0.2, -0.15) is 5.26 Å². The van der Waals surface area contributed by atoms with Gasteiger partial charge in [0, 0.05) is 11.9 Å². The second kappa shape index (κ2) is 7.99. The van der Waals surface area contributed by atoms with E-state index in [1.165, 1.54) is 0 Å². The molecule has 29 heavy (non-hydrogen) atoms. The highest BCUT2D eigenvalue weighted by Crippen LogP contribution is 2.28. The number of nitrogens with two attached hydrogens (primary N) is 1. The summed E-state index contributed by atoms with van der Waals surface area (Å²) in [4.78, 5) is 14.0. The molecule has 1 atom stereocenters. The lowest BCUT2D eigenvalue weighted by Gasteiger charge is -2.34. The first kappa shape index (κ1) is 19.1. The molecule has 2 heterocycles. The van der Waals surface area contributed by atoms with Gasteiger partial charge in [-0.3, -0.25) is 4.79 Å². The van der Waals surface area contributed by atoms with E-state index in [0.29, 0.717) is 27.3 Å². The Morgan fingerprint density at radius 3 is 2.83 bits per heavy atom. The first-order valence-electron chi connectivity index (χ1n) is 9.17. The molecule has 1 aliphatic heterocycles. The van der Waals surface area contributed by atoms with Crippen LogP contribution in [0.25, 0.3) is 10.9 Å². The number of carbonyl (C=O) groups is 1. The maximum absolute atomic E-state index is 11.7. The van der Waals surface area contributed by atoms with E-state index in [9.17, 15) is 10.1 Å². The van der Waals surface area contributed by atoms with Crippen LogP contribution in [0.15, 0.2) is 36.4 Å². The fraction of sp³-hybridized carbons (Fsp3) is 0.250. The zero-order valence-corrected chi connectivity index (χ0v) is 16.2. The maximum Gasteiger partial charge on any atom is 0.250 e. The van der Waals surface area contributed by atoms with Crippen LogP contribution in [0.1, 0.15) is 33.9 Å². The van der Waals surface area contributed by atoms with Gasteiger partial charge in [-0.25, -0.2) is 0 Å². The van der Waals surface area contributed by atoms with Gasteiger partial charge >= 0.3 is 0 Å². The van der Waals surface area contributed by atoms with Gasteiger partial charge in [0.1, 0.15) is 11.6 Å². The van der Waals surface area contributed by atoms with Crippen molar-refractivity contribution in [3.63, 3.8) is 0 Å². The summed E-state index contributed by atoms with van der Waals surface area (Å²) < 4.78 is 0. The molecule has 0 spiro atoms. The third kappa shape index (κ3) is 3.83. The van der Waals surface area contributed by atoms with E-state index >= 15 is 0 Å². The molecule has 0 bridgehead atoms. The second-order valence-corrected chi connectivity index (χ2v) is 7.31. The summed E-state index contributed by atoms with van der Waals surface area (Å²) in [6.45, 7) is 2.77. The number of fused-ring (bicyclic) bond motifs is 1. The highest BCUT2D eigenvalue weighted by molar-refractivity contribution is 6.31. The first-order valence-corrected chi connectivity index (χ1v) is 9.55. The van der Waals surface area contributed by atoms with E-state index in [-0.39, 0.29) is 11.6 Å². The number of benzene rings is 2. The van der Waals surface area contributed by atoms with Crippen molar-refractivity contribution in [2.45, 2.75) is 12.5 Å². The molecule has 2 aromatic carbocycles. The largest absolute Gasteiger partial charge is 0.366 e. The quantitative estimate of drug-likeness (QED) is 0.643. The minimum atomic E-state index is -0.574. The molecule has 1 aromatic heterocycles. The summed E-state index contributed by atoms with van der Waals surface area (Å²) in [6, 6.07) is 12.5. The number of aromatic nitrogens is 3. The van der Waals surface area contributed by atoms with E-state index in [4.69, 9.17) is 17.3 Å². The number of nitrogens with zero attached hydrogens (tertiary/aromatic N) is 5. The Kier molecular flexibility index (Phi) is 5.25. The summed E-state index contributed by atoms with van der Waals surface area (Å²) in [7, 11) is 0. The molecule has 8 nitrogen and oxygen atoms in total. The normalized spacial score (nSPS) is 14.8. The van der Waals surface area contributed by atoms with Crippen LogP contribution >= 0.6 is 11.6 Å². The predicted octanol–water partition coefficient (Wildman–Crippen LogP) is 2.51. The summed E-state index contributed by atoms with van der Waals surface area (Å²) in [5.41, 5.74) is 7.48. The van der Waals surface area contributed by atoms with Crippen LogP contribution < -0.4 is 11.1 Å². The molecule has 3 aromatic rings. The molecule has 1 saturated heterocycles. The number of nitriles is 1. The van der Waals surface area contributed by atoms with Crippen molar-refractivity contribution < 1.29 is 4.79 Å². The lowest BCUT2D eigenvalue weighted by Crippen LogP contribution is -2.41. The minimum Gasteiger partial charge on any atom is -0.366 e. The molecule has 0 saturated carbocycles. The molecule has 1 aliphatic rings. The monoisotopic (exact) mass is 407 g/mol. The Labute approximate surface area is 172 Å². The fourth-order valence-corrected chi connectivity index (χ4v) is 3.54. The van der Waals surface area contributed by atoms with E-state index in [2.05, 4.69) is 31.7 Å². The number of nitrogens with one attached hydrogen (secondary N) is 1. The van der Waals surface area contributed by atoms with Crippen LogP contribution in [-0.2, 0) is 0 Å². The van der Waals surface area contributed by atoms with Crippen molar-refractivity contribution in [2.75, 3.05) is 25.0 Å². The Bertz CT molecular complexity index is 1120. The van der Waals surface area contributed by atoms with Crippen LogP contribution in [0.3, 0.4) is 0 Å². The number of anilines is 1. The zero-order valence-electron chi connectivity index (χ0n) is 15.5. The standard InChI is InChI=1S/C20H18ClN7O/c21-16-6-5-12(9-13(16)10-22)17(11-28-7-2-8-28)24-20-15-4-1-3-14(19(23)29)18(15)25-27-26-20/h1,3-6,9,17H,2,7-8,11H2,(H2,23,29)(H,24,25,26). The lowest BCUT2D eigenvalue weighted by molar-refractivity contribution is 0.100. The van der Waals surface area contributed by atoms with Gasteiger partial charge in [-0.05, 0) is 54.6 Å². The van der Waals surface area contributed by atoms with Crippen LogP contribution in [0, 0.1) is 11.3 Å². The van der Waals surface area contributed by atoms with E-state index < -0.39 is 5.91 Å². The van der Waals surface area contributed by atoms with Gasteiger partial charge in [-0.15, -0.1) is 10.2 Å². The molecule has 0 radical (unpaired) electrons. The molecule has 1 amide bonds. The van der Waals surface area contributed by atoms with Gasteiger partial charge in [0.2, 0.25) is 0 Å². The van der Waals surface area contributed by atoms with Crippen LogP contribution in [0.2, 0.25) is 5.02 Å². The minimum absolute atomic E-state index is 0.156. The highest BCUT2D eigenvalue weighted by atomic mass is 35.5. The molecule has 9 heteroatoms. The third-order valence-electron chi connectivity index (χ3n) is 5.06. The molecule has 1 fully saturated rings. The van der Waals surface area contributed by atoms with Crippen molar-refractivity contribution in [3.8, 4) is 6.07 Å². The number of amides is 1. The van der Waals surface area contributed by atoms with Gasteiger partial charge in [0.25, 0.3) is 5.91 Å². The number of halogens is 1. The van der Waals surface area contributed by atoms with Crippen molar-refractivity contribution in [2.24, 2.45) is 5.73 Å². The van der Waals surface area contributed by atoms with Crippen molar-refractivity contribution in [3.05, 3.63) is 58.1 Å². The fourth-order valence-electron chi connectivity index (χ4n) is 3.38. The molecular weight excluding hydrogens is 390 g/mol. The molecule has 146 valence electrons. The molecule has 1 unspecified atom stereocenters. The third-order valence-corrected chi connectivity index (χ3v) is 5.39. The summed E-state index contributed by atoms with van der Waals surface area (Å²) in [6.07, 6.45) is 1.16. The Morgan fingerprint density at radius 1 is 1.31 bits per heavy atom. The van der Waals surface area contributed by atoms with Crippen LogP contribution in [0.4, 0.5) is 5.82 Å². The number of hydrogen-bond acceptors (Lipinski definition) is 7. The summed E-state index contributed by atoms with van der Waals surface area (Å²) >= 11 is 6.10. The summed E-state index contributed by atoms with van der Waals surface area (Å²) in [5.74, 6) is -0.0763. The molecule has 3 N–H and O–H groups in total. The Hall–Kier alpha value is -3.28. The number of hydrogen-bond donors (Lipinski definition) is 2. The SMILES string of the molecule is N#Cc1cc(C(CN2CCC2)Nc2nnnc3c(C(N)=O)cccc23)ccc1Cl.